The van der Waals surface area contributed by atoms with Crippen LogP contribution in [0.2, 0.25) is 0 Å². The number of rotatable bonds is 7. The second-order valence-corrected chi connectivity index (χ2v) is 6.87. The summed E-state index contributed by atoms with van der Waals surface area (Å²) in [7, 11) is 1.78. The Labute approximate surface area is 183 Å². The van der Waals surface area contributed by atoms with Crippen LogP contribution in [-0.4, -0.2) is 49.1 Å². The number of aliphatic imine (C=N–C) groups is 1. The van der Waals surface area contributed by atoms with Crippen molar-refractivity contribution in [2.24, 2.45) is 4.99 Å². The Balaban J connectivity index is 0.00000280. The fourth-order valence-corrected chi connectivity index (χ4v) is 3.49. The van der Waals surface area contributed by atoms with Crippen molar-refractivity contribution in [3.8, 4) is 0 Å². The van der Waals surface area contributed by atoms with Crippen molar-refractivity contribution in [3.05, 3.63) is 54.1 Å². The van der Waals surface area contributed by atoms with Gasteiger partial charge in [-0.15, -0.1) is 24.0 Å². The summed E-state index contributed by atoms with van der Waals surface area (Å²) >= 11 is 0. The van der Waals surface area contributed by atoms with Crippen LogP contribution in [0.15, 0.2) is 47.7 Å². The first-order chi connectivity index (χ1) is 13.2. The lowest BCUT2D eigenvalue weighted by Gasteiger charge is -2.38. The van der Waals surface area contributed by atoms with Crippen molar-refractivity contribution < 1.29 is 9.13 Å². The Kier molecular flexibility index (Phi) is 9.17. The van der Waals surface area contributed by atoms with Gasteiger partial charge < -0.3 is 15.4 Å². The smallest absolute Gasteiger partial charge is 0.191 e. The van der Waals surface area contributed by atoms with E-state index in [0.29, 0.717) is 0 Å². The maximum atomic E-state index is 13.3. The van der Waals surface area contributed by atoms with Crippen LogP contribution in [0.5, 0.6) is 0 Å². The van der Waals surface area contributed by atoms with Crippen molar-refractivity contribution in [1.82, 2.24) is 20.4 Å². The zero-order valence-corrected chi connectivity index (χ0v) is 18.6. The molecule has 0 radical (unpaired) electrons. The predicted molar refractivity (Wildman–Crippen MR) is 120 cm³/mol. The molecule has 2 N–H and O–H groups in total. The van der Waals surface area contributed by atoms with Crippen molar-refractivity contribution in [2.75, 3.05) is 33.4 Å². The van der Waals surface area contributed by atoms with Gasteiger partial charge in [0.1, 0.15) is 5.82 Å². The van der Waals surface area contributed by atoms with Crippen LogP contribution in [-0.2, 0) is 16.7 Å². The van der Waals surface area contributed by atoms with Crippen LogP contribution in [0.4, 0.5) is 4.39 Å². The van der Waals surface area contributed by atoms with Crippen molar-refractivity contribution >= 4 is 29.9 Å². The number of nitrogens with zero attached hydrogens (tertiary/aromatic N) is 3. The fourth-order valence-electron chi connectivity index (χ4n) is 3.49. The normalized spacial score (nSPS) is 16.3. The van der Waals surface area contributed by atoms with Crippen molar-refractivity contribution in [2.45, 2.75) is 31.2 Å². The summed E-state index contributed by atoms with van der Waals surface area (Å²) in [6, 6.07) is 8.78. The van der Waals surface area contributed by atoms with Crippen LogP contribution in [0.1, 0.15) is 24.8 Å². The molecule has 0 bridgehead atoms. The number of aryl methyl sites for hydroxylation is 1. The molecule has 0 aliphatic carbocycles. The first-order valence-electron chi connectivity index (χ1n) is 9.48. The van der Waals surface area contributed by atoms with Crippen LogP contribution in [0.3, 0.4) is 0 Å². The molecule has 0 atom stereocenters. The maximum absolute atomic E-state index is 13.3. The van der Waals surface area contributed by atoms with Gasteiger partial charge in [-0.3, -0.25) is 9.67 Å². The average molecular weight is 501 g/mol. The molecule has 0 amide bonds. The molecule has 0 unspecified atom stereocenters. The Hall–Kier alpha value is -1.68. The number of halogens is 2. The molecule has 1 aliphatic heterocycles. The molecule has 0 spiro atoms. The molecule has 0 saturated carbocycles. The Morgan fingerprint density at radius 2 is 2.00 bits per heavy atom. The van der Waals surface area contributed by atoms with Crippen molar-refractivity contribution in [3.63, 3.8) is 0 Å². The first kappa shape index (κ1) is 22.6. The first-order valence-corrected chi connectivity index (χ1v) is 9.48. The standard InChI is InChI=1S/C20H28FN5O.HI/c1-22-19(23-10-2-12-26-13-3-11-25-26)24-16-20(8-14-27-15-9-20)17-4-6-18(21)7-5-17;/h3-7,11,13H,2,8-10,12,14-16H2,1H3,(H2,22,23,24);1H. The molecule has 8 heteroatoms. The zero-order chi connectivity index (χ0) is 19.0. The van der Waals surface area contributed by atoms with Gasteiger partial charge in [-0.2, -0.15) is 5.10 Å². The molecule has 1 aliphatic rings. The number of benzene rings is 1. The van der Waals surface area contributed by atoms with Gasteiger partial charge in [0, 0.05) is 57.7 Å². The molecule has 6 nitrogen and oxygen atoms in total. The van der Waals surface area contributed by atoms with E-state index in [4.69, 9.17) is 4.74 Å². The van der Waals surface area contributed by atoms with Gasteiger partial charge in [-0.1, -0.05) is 12.1 Å². The van der Waals surface area contributed by atoms with Gasteiger partial charge in [0.15, 0.2) is 5.96 Å². The molecule has 154 valence electrons. The highest BCUT2D eigenvalue weighted by molar-refractivity contribution is 14.0. The summed E-state index contributed by atoms with van der Waals surface area (Å²) in [5.41, 5.74) is 1.08. The number of aromatic nitrogens is 2. The van der Waals surface area contributed by atoms with E-state index in [9.17, 15) is 4.39 Å². The quantitative estimate of drug-likeness (QED) is 0.265. The van der Waals surface area contributed by atoms with Crippen LogP contribution in [0.25, 0.3) is 0 Å². The van der Waals surface area contributed by atoms with Crippen LogP contribution < -0.4 is 10.6 Å². The van der Waals surface area contributed by atoms with Gasteiger partial charge in [0.25, 0.3) is 0 Å². The molecule has 2 aromatic rings. The molecule has 1 fully saturated rings. The minimum absolute atomic E-state index is 0. The Bertz CT molecular complexity index is 715. The van der Waals surface area contributed by atoms with Gasteiger partial charge >= 0.3 is 0 Å². The van der Waals surface area contributed by atoms with Crippen LogP contribution >= 0.6 is 24.0 Å². The molecule has 1 saturated heterocycles. The van der Waals surface area contributed by atoms with Gasteiger partial charge in [-0.25, -0.2) is 4.39 Å². The lowest BCUT2D eigenvalue weighted by Crippen LogP contribution is -2.48. The Morgan fingerprint density at radius 1 is 1.25 bits per heavy atom. The zero-order valence-electron chi connectivity index (χ0n) is 16.2. The van der Waals surface area contributed by atoms with E-state index in [-0.39, 0.29) is 35.2 Å². The fraction of sp³-hybridized carbons (Fsp3) is 0.500. The lowest BCUT2D eigenvalue weighted by atomic mass is 9.74. The molecular formula is C20H29FIN5O. The SMILES string of the molecule is CN=C(NCCCn1cccn1)NCC1(c2ccc(F)cc2)CCOCC1.I. The third-order valence-electron chi connectivity index (χ3n) is 5.14. The number of ether oxygens (including phenoxy) is 1. The molecule has 1 aromatic carbocycles. The van der Waals surface area contributed by atoms with E-state index >= 15 is 0 Å². The topological polar surface area (TPSA) is 63.5 Å². The summed E-state index contributed by atoms with van der Waals surface area (Å²) in [5.74, 6) is 0.576. The summed E-state index contributed by atoms with van der Waals surface area (Å²) in [5, 5.41) is 11.0. The second-order valence-electron chi connectivity index (χ2n) is 6.87. The predicted octanol–water partition coefficient (Wildman–Crippen LogP) is 2.94. The highest BCUT2D eigenvalue weighted by Gasteiger charge is 2.34. The lowest BCUT2D eigenvalue weighted by molar-refractivity contribution is 0.0513. The molecule has 2 heterocycles. The highest BCUT2D eigenvalue weighted by atomic mass is 127. The van der Waals surface area contributed by atoms with E-state index < -0.39 is 0 Å². The largest absolute Gasteiger partial charge is 0.381 e. The third kappa shape index (κ3) is 6.16. The monoisotopic (exact) mass is 501 g/mol. The maximum Gasteiger partial charge on any atom is 0.191 e. The molecule has 3 rings (SSSR count). The average Bonchev–Trinajstić information content (AvgIpc) is 3.22. The minimum Gasteiger partial charge on any atom is -0.381 e. The Morgan fingerprint density at radius 3 is 2.64 bits per heavy atom. The summed E-state index contributed by atoms with van der Waals surface area (Å²) in [4.78, 5) is 4.33. The number of hydrogen-bond acceptors (Lipinski definition) is 3. The molecule has 1 aromatic heterocycles. The van der Waals surface area contributed by atoms with E-state index in [2.05, 4.69) is 20.7 Å². The van der Waals surface area contributed by atoms with Gasteiger partial charge in [-0.05, 0) is 43.0 Å². The highest BCUT2D eigenvalue weighted by Crippen LogP contribution is 2.34. The van der Waals surface area contributed by atoms with E-state index in [1.807, 2.05) is 29.1 Å². The number of hydrogen-bond donors (Lipinski definition) is 2. The molecular weight excluding hydrogens is 472 g/mol. The third-order valence-corrected chi connectivity index (χ3v) is 5.14. The van der Waals surface area contributed by atoms with E-state index in [1.165, 1.54) is 12.1 Å². The van der Waals surface area contributed by atoms with E-state index in [0.717, 1.165) is 63.6 Å². The van der Waals surface area contributed by atoms with Gasteiger partial charge in [0.05, 0.1) is 0 Å². The summed E-state index contributed by atoms with van der Waals surface area (Å²) < 4.78 is 20.8. The van der Waals surface area contributed by atoms with Gasteiger partial charge in [0.2, 0.25) is 0 Å². The summed E-state index contributed by atoms with van der Waals surface area (Å²) in [6.07, 6.45) is 6.52. The number of nitrogens with one attached hydrogen (secondary N) is 2. The van der Waals surface area contributed by atoms with E-state index in [1.54, 1.807) is 13.2 Å². The minimum atomic E-state index is -0.205. The number of guanidine groups is 1. The van der Waals surface area contributed by atoms with Crippen LogP contribution in [0, 0.1) is 5.82 Å². The molecule has 28 heavy (non-hydrogen) atoms. The van der Waals surface area contributed by atoms with Crippen molar-refractivity contribution in [1.29, 1.82) is 0 Å². The summed E-state index contributed by atoms with van der Waals surface area (Å²) in [6.45, 7) is 3.85. The second kappa shape index (κ2) is 11.4.